The second kappa shape index (κ2) is 7.07. The zero-order valence-electron chi connectivity index (χ0n) is 12.6. The van der Waals surface area contributed by atoms with Gasteiger partial charge in [0.15, 0.2) is 0 Å². The molecule has 1 fully saturated rings. The Hall–Kier alpha value is -1.97. The van der Waals surface area contributed by atoms with E-state index in [0.717, 1.165) is 0 Å². The van der Waals surface area contributed by atoms with Crippen molar-refractivity contribution in [1.82, 2.24) is 9.62 Å². The zero-order chi connectivity index (χ0) is 17.0. The van der Waals surface area contributed by atoms with Gasteiger partial charge in [-0.05, 0) is 31.3 Å². The predicted octanol–water partition coefficient (Wildman–Crippen LogP) is -0.0896. The van der Waals surface area contributed by atoms with Gasteiger partial charge in [-0.15, -0.1) is 0 Å². The highest BCUT2D eigenvalue weighted by atomic mass is 32.2. The summed E-state index contributed by atoms with van der Waals surface area (Å²) in [5.74, 6) is -1.26. The molecule has 1 atom stereocenters. The molecule has 1 saturated heterocycles. The summed E-state index contributed by atoms with van der Waals surface area (Å²) >= 11 is 0. The van der Waals surface area contributed by atoms with E-state index in [4.69, 9.17) is 9.84 Å². The van der Waals surface area contributed by atoms with E-state index in [9.17, 15) is 18.0 Å². The third kappa shape index (κ3) is 4.27. The Bertz CT molecular complexity index is 686. The van der Waals surface area contributed by atoms with E-state index >= 15 is 0 Å². The number of nitrogens with zero attached hydrogens (tertiary/aromatic N) is 1. The van der Waals surface area contributed by atoms with E-state index in [1.807, 2.05) is 0 Å². The molecule has 0 aromatic heterocycles. The van der Waals surface area contributed by atoms with Crippen molar-refractivity contribution in [2.24, 2.45) is 0 Å². The number of carbonyl (C=O) groups excluding carboxylic acids is 1. The minimum atomic E-state index is -3.55. The maximum Gasteiger partial charge on any atom is 0.306 e. The molecule has 23 heavy (non-hydrogen) atoms. The maximum absolute atomic E-state index is 12.4. The van der Waals surface area contributed by atoms with Gasteiger partial charge in [0.1, 0.15) is 0 Å². The van der Waals surface area contributed by atoms with E-state index in [0.29, 0.717) is 12.1 Å². The molecule has 8 nitrogen and oxygen atoms in total. The van der Waals surface area contributed by atoms with Crippen LogP contribution in [0.15, 0.2) is 29.2 Å². The van der Waals surface area contributed by atoms with Gasteiger partial charge < -0.3 is 14.7 Å². The predicted molar refractivity (Wildman–Crippen MR) is 80.6 cm³/mol. The summed E-state index contributed by atoms with van der Waals surface area (Å²) in [5.41, 5.74) is 0.344. The monoisotopic (exact) mass is 342 g/mol. The number of nitrogens with one attached hydrogen (secondary N) is 1. The number of hydrogen-bond donors (Lipinski definition) is 2. The minimum absolute atomic E-state index is 0.0716. The molecule has 2 N–H and O–H groups in total. The first kappa shape index (κ1) is 17.4. The van der Waals surface area contributed by atoms with Crippen LogP contribution < -0.4 is 4.72 Å². The topological polar surface area (TPSA) is 113 Å². The number of carboxylic acid groups (broad SMARTS) is 1. The number of hydrogen-bond acceptors (Lipinski definition) is 5. The number of amides is 1. The fourth-order valence-electron chi connectivity index (χ4n) is 2.30. The lowest BCUT2D eigenvalue weighted by Crippen LogP contribution is -2.46. The summed E-state index contributed by atoms with van der Waals surface area (Å²) in [7, 11) is -2.24. The van der Waals surface area contributed by atoms with Crippen LogP contribution in [-0.2, 0) is 19.6 Å². The molecule has 1 aliphatic rings. The largest absolute Gasteiger partial charge is 0.481 e. The molecular formula is C14H18N2O6S. The van der Waals surface area contributed by atoms with E-state index < -0.39 is 22.1 Å². The van der Waals surface area contributed by atoms with Crippen LogP contribution in [0.3, 0.4) is 0 Å². The molecule has 1 aliphatic heterocycles. The number of morpholine rings is 1. The van der Waals surface area contributed by atoms with Crippen molar-refractivity contribution >= 4 is 21.9 Å². The molecular weight excluding hydrogens is 324 g/mol. The van der Waals surface area contributed by atoms with Gasteiger partial charge in [0.2, 0.25) is 10.0 Å². The van der Waals surface area contributed by atoms with Gasteiger partial charge in [-0.3, -0.25) is 9.59 Å². The summed E-state index contributed by atoms with van der Waals surface area (Å²) < 4.78 is 30.8. The lowest BCUT2D eigenvalue weighted by Gasteiger charge is -2.32. The fraction of sp³-hybridized carbons (Fsp3) is 0.429. The molecule has 0 saturated carbocycles. The Morgan fingerprint density at radius 1 is 1.35 bits per heavy atom. The second-order valence-corrected chi connectivity index (χ2v) is 6.96. The first-order chi connectivity index (χ1) is 10.8. The van der Waals surface area contributed by atoms with Gasteiger partial charge in [-0.1, -0.05) is 0 Å². The summed E-state index contributed by atoms with van der Waals surface area (Å²) in [6, 6.07) is 5.59. The second-order valence-electron chi connectivity index (χ2n) is 5.07. The SMILES string of the molecule is CNS(=O)(=O)c1ccc(C(=O)N2CCOC(CC(=O)O)C2)cc1. The van der Waals surface area contributed by atoms with Crippen LogP contribution in [0.25, 0.3) is 0 Å². The van der Waals surface area contributed by atoms with Crippen molar-refractivity contribution < 1.29 is 27.9 Å². The molecule has 2 rings (SSSR count). The van der Waals surface area contributed by atoms with Gasteiger partial charge in [-0.25, -0.2) is 13.1 Å². The summed E-state index contributed by atoms with van der Waals surface area (Å²) in [6.07, 6.45) is -0.697. The van der Waals surface area contributed by atoms with Crippen LogP contribution in [0.1, 0.15) is 16.8 Å². The number of carboxylic acids is 1. The van der Waals surface area contributed by atoms with Gasteiger partial charge in [0.05, 0.1) is 24.0 Å². The first-order valence-electron chi connectivity index (χ1n) is 7.00. The molecule has 1 aromatic rings. The van der Waals surface area contributed by atoms with Crippen LogP contribution in [0, 0.1) is 0 Å². The summed E-state index contributed by atoms with van der Waals surface area (Å²) in [5, 5.41) is 8.79. The molecule has 1 heterocycles. The Labute approximate surface area is 134 Å². The smallest absolute Gasteiger partial charge is 0.306 e. The Morgan fingerprint density at radius 2 is 2.00 bits per heavy atom. The number of carbonyl (C=O) groups is 2. The standard InChI is InChI=1S/C14H18N2O6S/c1-15-23(20,21)12-4-2-10(3-5-12)14(19)16-6-7-22-11(9-16)8-13(17)18/h2-5,11,15H,6-9H2,1H3,(H,17,18). The van der Waals surface area contributed by atoms with Crippen molar-refractivity contribution in [2.75, 3.05) is 26.7 Å². The Kier molecular flexibility index (Phi) is 5.34. The summed E-state index contributed by atoms with van der Waals surface area (Å²) in [4.78, 5) is 24.7. The van der Waals surface area contributed by atoms with E-state index in [1.54, 1.807) is 0 Å². The molecule has 1 aromatic carbocycles. The minimum Gasteiger partial charge on any atom is -0.481 e. The van der Waals surface area contributed by atoms with Crippen molar-refractivity contribution in [1.29, 1.82) is 0 Å². The van der Waals surface area contributed by atoms with Gasteiger partial charge in [0, 0.05) is 18.7 Å². The highest BCUT2D eigenvalue weighted by Gasteiger charge is 2.26. The molecule has 0 spiro atoms. The Balaban J connectivity index is 2.09. The zero-order valence-corrected chi connectivity index (χ0v) is 13.4. The average Bonchev–Trinajstić information content (AvgIpc) is 2.54. The lowest BCUT2D eigenvalue weighted by molar-refractivity contribution is -0.141. The summed E-state index contributed by atoms with van der Waals surface area (Å²) in [6.45, 7) is 0.836. The molecule has 9 heteroatoms. The molecule has 0 aliphatic carbocycles. The molecule has 0 radical (unpaired) electrons. The molecule has 0 bridgehead atoms. The highest BCUT2D eigenvalue weighted by molar-refractivity contribution is 7.89. The molecule has 1 unspecified atom stereocenters. The van der Waals surface area contributed by atoms with Crippen LogP contribution in [0.2, 0.25) is 0 Å². The quantitative estimate of drug-likeness (QED) is 0.773. The van der Waals surface area contributed by atoms with Crippen molar-refractivity contribution in [2.45, 2.75) is 17.4 Å². The normalized spacial score (nSPS) is 18.7. The van der Waals surface area contributed by atoms with E-state index in [-0.39, 0.29) is 30.4 Å². The van der Waals surface area contributed by atoms with Gasteiger partial charge in [0.25, 0.3) is 5.91 Å². The number of benzene rings is 1. The number of sulfonamides is 1. The first-order valence-corrected chi connectivity index (χ1v) is 8.48. The lowest BCUT2D eigenvalue weighted by atomic mass is 10.1. The average molecular weight is 342 g/mol. The van der Waals surface area contributed by atoms with Crippen molar-refractivity contribution in [3.8, 4) is 0 Å². The fourth-order valence-corrected chi connectivity index (χ4v) is 3.03. The van der Waals surface area contributed by atoms with Gasteiger partial charge >= 0.3 is 5.97 Å². The van der Waals surface area contributed by atoms with Crippen LogP contribution in [-0.4, -0.2) is 63.1 Å². The van der Waals surface area contributed by atoms with Crippen LogP contribution in [0.5, 0.6) is 0 Å². The van der Waals surface area contributed by atoms with Crippen LogP contribution >= 0.6 is 0 Å². The molecule has 126 valence electrons. The van der Waals surface area contributed by atoms with Gasteiger partial charge in [-0.2, -0.15) is 0 Å². The van der Waals surface area contributed by atoms with E-state index in [2.05, 4.69) is 4.72 Å². The van der Waals surface area contributed by atoms with Crippen LogP contribution in [0.4, 0.5) is 0 Å². The van der Waals surface area contributed by atoms with E-state index in [1.165, 1.54) is 36.2 Å². The number of rotatable bonds is 5. The third-order valence-corrected chi connectivity index (χ3v) is 4.94. The van der Waals surface area contributed by atoms with Crippen molar-refractivity contribution in [3.05, 3.63) is 29.8 Å². The number of aliphatic carboxylic acids is 1. The number of ether oxygens (including phenoxy) is 1. The molecule has 1 amide bonds. The Morgan fingerprint density at radius 3 is 2.57 bits per heavy atom. The maximum atomic E-state index is 12.4. The van der Waals surface area contributed by atoms with Crippen molar-refractivity contribution in [3.63, 3.8) is 0 Å². The highest BCUT2D eigenvalue weighted by Crippen LogP contribution is 2.15. The third-order valence-electron chi connectivity index (χ3n) is 3.51.